The standard InChI is InChI=1S/C11H14N4O2S/c12-18(16,17)8-9-1-3-10(4-2-9)15-7-11-13-5-6-14-11/h1-6,15H,7-8H2,(H,13,14)(H2,12,16,17). The van der Waals surface area contributed by atoms with Crippen LogP contribution in [0, 0.1) is 0 Å². The van der Waals surface area contributed by atoms with Crippen LogP contribution < -0.4 is 10.5 Å². The third-order valence-electron chi connectivity index (χ3n) is 2.34. The van der Waals surface area contributed by atoms with Crippen molar-refractivity contribution in [2.45, 2.75) is 12.3 Å². The molecule has 0 radical (unpaired) electrons. The van der Waals surface area contributed by atoms with E-state index >= 15 is 0 Å². The highest BCUT2D eigenvalue weighted by atomic mass is 32.2. The number of nitrogens with zero attached hydrogens (tertiary/aromatic N) is 1. The molecule has 96 valence electrons. The zero-order valence-electron chi connectivity index (χ0n) is 9.63. The van der Waals surface area contributed by atoms with Crippen molar-refractivity contribution in [3.05, 3.63) is 48.0 Å². The minimum atomic E-state index is -3.47. The van der Waals surface area contributed by atoms with Crippen molar-refractivity contribution in [3.8, 4) is 0 Å². The molecule has 0 atom stereocenters. The first-order valence-corrected chi connectivity index (χ1v) is 7.06. The van der Waals surface area contributed by atoms with E-state index in [9.17, 15) is 8.42 Å². The van der Waals surface area contributed by atoms with Gasteiger partial charge >= 0.3 is 0 Å². The van der Waals surface area contributed by atoms with Gasteiger partial charge in [-0.15, -0.1) is 0 Å². The lowest BCUT2D eigenvalue weighted by Gasteiger charge is -2.05. The molecule has 0 saturated heterocycles. The number of anilines is 1. The molecule has 2 aromatic rings. The van der Waals surface area contributed by atoms with Crippen molar-refractivity contribution in [1.29, 1.82) is 0 Å². The number of aromatic amines is 1. The fourth-order valence-corrected chi connectivity index (χ4v) is 2.19. The summed E-state index contributed by atoms with van der Waals surface area (Å²) in [5.41, 5.74) is 1.56. The molecule has 7 heteroatoms. The molecule has 0 saturated carbocycles. The summed E-state index contributed by atoms with van der Waals surface area (Å²) in [5.74, 6) is 0.689. The molecule has 6 nitrogen and oxygen atoms in total. The first kappa shape index (κ1) is 12.6. The van der Waals surface area contributed by atoms with Crippen LogP contribution in [0.4, 0.5) is 5.69 Å². The van der Waals surface area contributed by atoms with E-state index in [0.717, 1.165) is 11.5 Å². The van der Waals surface area contributed by atoms with Crippen LogP contribution in [0.3, 0.4) is 0 Å². The van der Waals surface area contributed by atoms with Gasteiger partial charge < -0.3 is 10.3 Å². The van der Waals surface area contributed by atoms with Crippen LogP contribution in [0.5, 0.6) is 0 Å². The number of imidazole rings is 1. The molecule has 0 bridgehead atoms. The SMILES string of the molecule is NS(=O)(=O)Cc1ccc(NCc2ncc[nH]2)cc1. The zero-order chi connectivity index (χ0) is 13.0. The third kappa shape index (κ3) is 3.86. The monoisotopic (exact) mass is 266 g/mol. The Morgan fingerprint density at radius 1 is 1.28 bits per heavy atom. The molecule has 0 aliphatic heterocycles. The highest BCUT2D eigenvalue weighted by Gasteiger charge is 2.04. The predicted molar refractivity (Wildman–Crippen MR) is 69.2 cm³/mol. The number of nitrogens with two attached hydrogens (primary N) is 1. The van der Waals surface area contributed by atoms with Crippen molar-refractivity contribution < 1.29 is 8.42 Å². The van der Waals surface area contributed by atoms with E-state index < -0.39 is 10.0 Å². The minimum absolute atomic E-state index is 0.147. The lowest BCUT2D eigenvalue weighted by Crippen LogP contribution is -2.14. The molecule has 0 fully saturated rings. The molecule has 0 unspecified atom stereocenters. The number of H-pyrrole nitrogens is 1. The van der Waals surface area contributed by atoms with Gasteiger partial charge in [0.2, 0.25) is 10.0 Å². The molecule has 1 heterocycles. The number of benzene rings is 1. The van der Waals surface area contributed by atoms with E-state index in [0.29, 0.717) is 12.1 Å². The Bertz CT molecular complexity index is 590. The summed E-state index contributed by atoms with van der Waals surface area (Å²) in [5, 5.41) is 8.14. The van der Waals surface area contributed by atoms with E-state index in [1.807, 2.05) is 12.1 Å². The van der Waals surface area contributed by atoms with Crippen LogP contribution in [0.25, 0.3) is 0 Å². The van der Waals surface area contributed by atoms with Gasteiger partial charge in [-0.1, -0.05) is 12.1 Å². The van der Waals surface area contributed by atoms with Gasteiger partial charge in [0.05, 0.1) is 12.3 Å². The van der Waals surface area contributed by atoms with Gasteiger partial charge in [0.15, 0.2) is 0 Å². The Morgan fingerprint density at radius 3 is 2.56 bits per heavy atom. The first-order chi connectivity index (χ1) is 8.53. The third-order valence-corrected chi connectivity index (χ3v) is 3.07. The number of aromatic nitrogens is 2. The maximum atomic E-state index is 10.9. The Morgan fingerprint density at radius 2 is 2.00 bits per heavy atom. The molecular formula is C11H14N4O2S. The summed E-state index contributed by atoms with van der Waals surface area (Å²) < 4.78 is 21.8. The molecule has 1 aromatic carbocycles. The summed E-state index contributed by atoms with van der Waals surface area (Å²) in [4.78, 5) is 7.06. The van der Waals surface area contributed by atoms with Crippen LogP contribution in [0.1, 0.15) is 11.4 Å². The molecule has 0 amide bonds. The lowest BCUT2D eigenvalue weighted by molar-refractivity contribution is 0.597. The largest absolute Gasteiger partial charge is 0.378 e. The number of hydrogen-bond donors (Lipinski definition) is 3. The van der Waals surface area contributed by atoms with Gasteiger partial charge in [-0.2, -0.15) is 0 Å². The van der Waals surface area contributed by atoms with E-state index in [4.69, 9.17) is 5.14 Å². The van der Waals surface area contributed by atoms with Crippen LogP contribution in [-0.4, -0.2) is 18.4 Å². The van der Waals surface area contributed by atoms with Gasteiger partial charge in [-0.3, -0.25) is 0 Å². The fourth-order valence-electron chi connectivity index (χ4n) is 1.53. The molecule has 4 N–H and O–H groups in total. The highest BCUT2D eigenvalue weighted by molar-refractivity contribution is 7.88. The van der Waals surface area contributed by atoms with E-state index in [1.54, 1.807) is 24.5 Å². The Balaban J connectivity index is 1.95. The molecule has 18 heavy (non-hydrogen) atoms. The number of primary sulfonamides is 1. The summed E-state index contributed by atoms with van der Waals surface area (Å²) in [6, 6.07) is 7.08. The quantitative estimate of drug-likeness (QED) is 0.745. The maximum Gasteiger partial charge on any atom is 0.213 e. The van der Waals surface area contributed by atoms with Crippen molar-refractivity contribution in [3.63, 3.8) is 0 Å². The number of nitrogens with one attached hydrogen (secondary N) is 2. The zero-order valence-corrected chi connectivity index (χ0v) is 10.4. The molecular weight excluding hydrogens is 252 g/mol. The minimum Gasteiger partial charge on any atom is -0.378 e. The van der Waals surface area contributed by atoms with Crippen LogP contribution in [0.15, 0.2) is 36.7 Å². The highest BCUT2D eigenvalue weighted by Crippen LogP contribution is 2.11. The molecule has 2 rings (SSSR count). The molecule has 0 aliphatic carbocycles. The number of hydrogen-bond acceptors (Lipinski definition) is 4. The van der Waals surface area contributed by atoms with Gasteiger partial charge in [0.25, 0.3) is 0 Å². The Kier molecular flexibility index (Phi) is 3.63. The average Bonchev–Trinajstić information content (AvgIpc) is 2.79. The second-order valence-corrected chi connectivity index (χ2v) is 5.51. The van der Waals surface area contributed by atoms with Gasteiger partial charge in [-0.05, 0) is 17.7 Å². The molecule has 1 aromatic heterocycles. The van der Waals surface area contributed by atoms with Crippen LogP contribution >= 0.6 is 0 Å². The van der Waals surface area contributed by atoms with E-state index in [1.165, 1.54) is 0 Å². The second-order valence-electron chi connectivity index (χ2n) is 3.89. The normalized spacial score (nSPS) is 11.4. The van der Waals surface area contributed by atoms with Crippen molar-refractivity contribution in [1.82, 2.24) is 9.97 Å². The van der Waals surface area contributed by atoms with Gasteiger partial charge in [-0.25, -0.2) is 18.5 Å². The smallest absolute Gasteiger partial charge is 0.213 e. The first-order valence-electron chi connectivity index (χ1n) is 5.34. The Labute approximate surface area is 105 Å². The molecule has 0 spiro atoms. The van der Waals surface area contributed by atoms with Crippen molar-refractivity contribution >= 4 is 15.7 Å². The maximum absolute atomic E-state index is 10.9. The Hall–Kier alpha value is -1.86. The van der Waals surface area contributed by atoms with Crippen LogP contribution in [-0.2, 0) is 22.3 Å². The summed E-state index contributed by atoms with van der Waals surface area (Å²) in [7, 11) is -3.47. The van der Waals surface area contributed by atoms with Gasteiger partial charge in [0, 0.05) is 18.1 Å². The van der Waals surface area contributed by atoms with Gasteiger partial charge in [0.1, 0.15) is 5.82 Å². The van der Waals surface area contributed by atoms with Crippen LogP contribution in [0.2, 0.25) is 0 Å². The topological polar surface area (TPSA) is 101 Å². The fraction of sp³-hybridized carbons (Fsp3) is 0.182. The summed E-state index contributed by atoms with van der Waals surface area (Å²) in [6.07, 6.45) is 3.44. The van der Waals surface area contributed by atoms with E-state index in [-0.39, 0.29) is 5.75 Å². The lowest BCUT2D eigenvalue weighted by atomic mass is 10.2. The summed E-state index contributed by atoms with van der Waals surface area (Å²) >= 11 is 0. The second kappa shape index (κ2) is 5.19. The van der Waals surface area contributed by atoms with Crippen molar-refractivity contribution in [2.75, 3.05) is 5.32 Å². The summed E-state index contributed by atoms with van der Waals surface area (Å²) in [6.45, 7) is 0.585. The predicted octanol–water partition coefficient (Wildman–Crippen LogP) is 0.810. The molecule has 0 aliphatic rings. The number of sulfonamides is 1. The number of rotatable bonds is 5. The van der Waals surface area contributed by atoms with E-state index in [2.05, 4.69) is 15.3 Å². The average molecular weight is 266 g/mol. The van der Waals surface area contributed by atoms with Crippen molar-refractivity contribution in [2.24, 2.45) is 5.14 Å².